The molecule has 1 unspecified atom stereocenters. The topological polar surface area (TPSA) is 71.4 Å². The molecule has 1 saturated heterocycles. The Morgan fingerprint density at radius 3 is 2.57 bits per heavy atom. The molecule has 2 heterocycles. The summed E-state index contributed by atoms with van der Waals surface area (Å²) in [5.41, 5.74) is 2.19. The molecule has 1 aromatic heterocycles. The van der Waals surface area contributed by atoms with E-state index < -0.39 is 0 Å². The zero-order valence-electron chi connectivity index (χ0n) is 17.0. The number of carbonyl (C=O) groups is 1. The van der Waals surface area contributed by atoms with Crippen LogP contribution in [0.15, 0.2) is 36.7 Å². The van der Waals surface area contributed by atoms with Gasteiger partial charge in [0.15, 0.2) is 0 Å². The largest absolute Gasteiger partial charge is 0.497 e. The Labute approximate surface area is 167 Å². The molecule has 28 heavy (non-hydrogen) atoms. The fraction of sp³-hybridized carbons (Fsp3) is 0.524. The maximum Gasteiger partial charge on any atom is 0.241 e. The van der Waals surface area contributed by atoms with Gasteiger partial charge in [-0.2, -0.15) is 5.10 Å². The second-order valence-electron chi connectivity index (χ2n) is 7.48. The van der Waals surface area contributed by atoms with E-state index in [1.165, 1.54) is 5.56 Å². The SMILES string of the molecule is CNC(C(=O)NCC1CCN(Cc2ccc(OC)cc2)CC1)c1cnn(C)c1. The number of ether oxygens (including phenoxy) is 1. The van der Waals surface area contributed by atoms with Crippen molar-refractivity contribution in [2.24, 2.45) is 13.0 Å². The van der Waals surface area contributed by atoms with Crippen LogP contribution in [0.5, 0.6) is 5.75 Å². The smallest absolute Gasteiger partial charge is 0.241 e. The first-order valence-corrected chi connectivity index (χ1v) is 9.88. The number of methoxy groups -OCH3 is 1. The molecule has 7 heteroatoms. The van der Waals surface area contributed by atoms with Gasteiger partial charge in [0.25, 0.3) is 0 Å². The maximum atomic E-state index is 12.6. The molecule has 1 aliphatic rings. The van der Waals surface area contributed by atoms with Gasteiger partial charge in [-0.3, -0.25) is 14.4 Å². The Kier molecular flexibility index (Phi) is 7.06. The van der Waals surface area contributed by atoms with E-state index in [9.17, 15) is 4.79 Å². The predicted molar refractivity (Wildman–Crippen MR) is 109 cm³/mol. The standard InChI is InChI=1S/C21H31N5O2/c1-22-20(18-13-24-25(2)15-18)21(27)23-12-16-8-10-26(11-9-16)14-17-4-6-19(28-3)7-5-17/h4-7,13,15-16,20,22H,8-12,14H2,1-3H3,(H,23,27). The summed E-state index contributed by atoms with van der Waals surface area (Å²) >= 11 is 0. The normalized spacial score (nSPS) is 16.7. The van der Waals surface area contributed by atoms with E-state index in [0.717, 1.165) is 50.3 Å². The number of hydrogen-bond acceptors (Lipinski definition) is 5. The van der Waals surface area contributed by atoms with Crippen LogP contribution in [0, 0.1) is 5.92 Å². The molecule has 0 bridgehead atoms. The van der Waals surface area contributed by atoms with Gasteiger partial charge < -0.3 is 15.4 Å². The number of hydrogen-bond donors (Lipinski definition) is 2. The van der Waals surface area contributed by atoms with Gasteiger partial charge in [0.05, 0.1) is 13.3 Å². The molecular weight excluding hydrogens is 354 g/mol. The molecule has 1 amide bonds. The van der Waals surface area contributed by atoms with Crippen molar-refractivity contribution in [3.05, 3.63) is 47.8 Å². The lowest BCUT2D eigenvalue weighted by atomic mass is 9.96. The van der Waals surface area contributed by atoms with Crippen LogP contribution < -0.4 is 15.4 Å². The first kappa shape index (κ1) is 20.4. The van der Waals surface area contributed by atoms with Gasteiger partial charge in [0.1, 0.15) is 11.8 Å². The summed E-state index contributed by atoms with van der Waals surface area (Å²) in [6.07, 6.45) is 5.82. The number of piperidine rings is 1. The zero-order chi connectivity index (χ0) is 19.9. The van der Waals surface area contributed by atoms with Crippen LogP contribution >= 0.6 is 0 Å². The summed E-state index contributed by atoms with van der Waals surface area (Å²) in [5, 5.41) is 10.4. The molecule has 0 aliphatic carbocycles. The van der Waals surface area contributed by atoms with Gasteiger partial charge in [0.2, 0.25) is 5.91 Å². The quantitative estimate of drug-likeness (QED) is 0.724. The monoisotopic (exact) mass is 385 g/mol. The van der Waals surface area contributed by atoms with Gasteiger partial charge in [-0.05, 0) is 56.6 Å². The molecule has 152 valence electrons. The first-order valence-electron chi connectivity index (χ1n) is 9.88. The van der Waals surface area contributed by atoms with Crippen molar-refractivity contribution in [2.75, 3.05) is 33.8 Å². The molecule has 1 fully saturated rings. The Bertz CT molecular complexity index is 750. The average Bonchev–Trinajstić information content (AvgIpc) is 3.14. The third-order valence-electron chi connectivity index (χ3n) is 5.45. The maximum absolute atomic E-state index is 12.6. The van der Waals surface area contributed by atoms with Crippen molar-refractivity contribution in [3.8, 4) is 5.75 Å². The number of likely N-dealkylation sites (N-methyl/N-ethyl adjacent to an activating group) is 1. The zero-order valence-corrected chi connectivity index (χ0v) is 17.0. The highest BCUT2D eigenvalue weighted by Crippen LogP contribution is 2.20. The van der Waals surface area contributed by atoms with E-state index in [0.29, 0.717) is 5.92 Å². The number of amides is 1. The minimum atomic E-state index is -0.358. The number of rotatable bonds is 8. The Hall–Kier alpha value is -2.38. The lowest BCUT2D eigenvalue weighted by molar-refractivity contribution is -0.123. The number of nitrogens with one attached hydrogen (secondary N) is 2. The Morgan fingerprint density at radius 2 is 2.00 bits per heavy atom. The summed E-state index contributed by atoms with van der Waals surface area (Å²) in [5.74, 6) is 1.43. The third-order valence-corrected chi connectivity index (χ3v) is 5.45. The molecule has 1 atom stereocenters. The Morgan fingerprint density at radius 1 is 1.29 bits per heavy atom. The third kappa shape index (κ3) is 5.33. The lowest BCUT2D eigenvalue weighted by Gasteiger charge is -2.32. The summed E-state index contributed by atoms with van der Waals surface area (Å²) in [6, 6.07) is 7.92. The van der Waals surface area contributed by atoms with Gasteiger partial charge in [-0.15, -0.1) is 0 Å². The highest BCUT2D eigenvalue weighted by Gasteiger charge is 2.23. The van der Waals surface area contributed by atoms with E-state index in [4.69, 9.17) is 4.74 Å². The average molecular weight is 386 g/mol. The van der Waals surface area contributed by atoms with Crippen LogP contribution in [0.1, 0.15) is 30.0 Å². The van der Waals surface area contributed by atoms with Crippen molar-refractivity contribution in [3.63, 3.8) is 0 Å². The second kappa shape index (κ2) is 9.71. The van der Waals surface area contributed by atoms with Crippen molar-refractivity contribution in [1.82, 2.24) is 25.3 Å². The van der Waals surface area contributed by atoms with Crippen LogP contribution in [0.3, 0.4) is 0 Å². The fourth-order valence-electron chi connectivity index (χ4n) is 3.72. The van der Waals surface area contributed by atoms with Crippen molar-refractivity contribution < 1.29 is 9.53 Å². The number of benzene rings is 1. The number of aryl methyl sites for hydroxylation is 1. The van der Waals surface area contributed by atoms with Crippen LogP contribution in [-0.4, -0.2) is 54.4 Å². The number of carbonyl (C=O) groups excluding carboxylic acids is 1. The molecule has 1 aliphatic heterocycles. The minimum absolute atomic E-state index is 0.0103. The van der Waals surface area contributed by atoms with Gasteiger partial charge in [-0.1, -0.05) is 12.1 Å². The summed E-state index contributed by atoms with van der Waals surface area (Å²) in [7, 11) is 5.34. The van der Waals surface area contributed by atoms with Crippen LogP contribution in [-0.2, 0) is 18.4 Å². The molecule has 2 aromatic rings. The van der Waals surface area contributed by atoms with E-state index in [2.05, 4.69) is 32.8 Å². The lowest BCUT2D eigenvalue weighted by Crippen LogP contribution is -2.41. The first-order chi connectivity index (χ1) is 13.6. The molecular formula is C21H31N5O2. The Balaban J connectivity index is 1.41. The van der Waals surface area contributed by atoms with E-state index in [-0.39, 0.29) is 11.9 Å². The van der Waals surface area contributed by atoms with Gasteiger partial charge >= 0.3 is 0 Å². The molecule has 0 saturated carbocycles. The number of nitrogens with zero attached hydrogens (tertiary/aromatic N) is 3. The number of likely N-dealkylation sites (tertiary alicyclic amines) is 1. The molecule has 1 aromatic carbocycles. The second-order valence-corrected chi connectivity index (χ2v) is 7.48. The van der Waals surface area contributed by atoms with Crippen molar-refractivity contribution in [1.29, 1.82) is 0 Å². The fourth-order valence-corrected chi connectivity index (χ4v) is 3.72. The molecule has 0 radical (unpaired) electrons. The van der Waals surface area contributed by atoms with Crippen molar-refractivity contribution >= 4 is 5.91 Å². The molecule has 3 rings (SSSR count). The summed E-state index contributed by atoms with van der Waals surface area (Å²) in [6.45, 7) is 3.81. The van der Waals surface area contributed by atoms with E-state index in [1.807, 2.05) is 25.4 Å². The van der Waals surface area contributed by atoms with Crippen molar-refractivity contribution in [2.45, 2.75) is 25.4 Å². The minimum Gasteiger partial charge on any atom is -0.497 e. The molecule has 2 N–H and O–H groups in total. The summed E-state index contributed by atoms with van der Waals surface area (Å²) in [4.78, 5) is 15.0. The molecule has 0 spiro atoms. The highest BCUT2D eigenvalue weighted by molar-refractivity contribution is 5.83. The van der Waals surface area contributed by atoms with E-state index >= 15 is 0 Å². The van der Waals surface area contributed by atoms with Crippen LogP contribution in [0.25, 0.3) is 0 Å². The highest BCUT2D eigenvalue weighted by atomic mass is 16.5. The van der Waals surface area contributed by atoms with Crippen LogP contribution in [0.4, 0.5) is 0 Å². The summed E-state index contributed by atoms with van der Waals surface area (Å²) < 4.78 is 6.93. The molecule has 7 nitrogen and oxygen atoms in total. The van der Waals surface area contributed by atoms with Gasteiger partial charge in [-0.25, -0.2) is 0 Å². The van der Waals surface area contributed by atoms with Crippen LogP contribution in [0.2, 0.25) is 0 Å². The van der Waals surface area contributed by atoms with E-state index in [1.54, 1.807) is 25.0 Å². The number of aromatic nitrogens is 2. The van der Waals surface area contributed by atoms with Gasteiger partial charge in [0, 0.05) is 31.9 Å². The predicted octanol–water partition coefficient (Wildman–Crippen LogP) is 1.72.